The number of hydrogen-bond donors (Lipinski definition) is 1. The van der Waals surface area contributed by atoms with Gasteiger partial charge in [-0.05, 0) is 29.5 Å². The molecule has 0 radical (unpaired) electrons. The Kier molecular flexibility index (Phi) is 4.73. The zero-order valence-electron chi connectivity index (χ0n) is 4.43. The number of halogens is 1. The fraction of sp³-hybridized carbons (Fsp3) is 0.250. The summed E-state index contributed by atoms with van der Waals surface area (Å²) in [6, 6.07) is 0. The lowest BCUT2D eigenvalue weighted by Gasteiger charge is -1.78. The molecule has 0 aromatic carbocycles. The Morgan fingerprint density at radius 1 is 1.75 bits per heavy atom. The van der Waals surface area contributed by atoms with Crippen LogP contribution < -0.4 is 0 Å². The van der Waals surface area contributed by atoms with Crippen molar-refractivity contribution in [1.29, 1.82) is 5.53 Å². The highest BCUT2D eigenvalue weighted by molar-refractivity contribution is 14.1. The van der Waals surface area contributed by atoms with Gasteiger partial charge in [0, 0.05) is 0 Å². The molecule has 0 aromatic heterocycles. The predicted molar refractivity (Wildman–Crippen MR) is 41.4 cm³/mol. The van der Waals surface area contributed by atoms with E-state index < -0.39 is 0 Å². The quantitative estimate of drug-likeness (QED) is 0.424. The monoisotopic (exact) mass is 223 g/mol. The molecule has 3 nitrogen and oxygen atoms in total. The zero-order valence-corrected chi connectivity index (χ0v) is 6.58. The van der Waals surface area contributed by atoms with Crippen molar-refractivity contribution in [3.63, 3.8) is 0 Å². The fourth-order valence-corrected chi connectivity index (χ4v) is 0.326. The molecule has 0 amide bonds. The Balaban J connectivity index is 3.74. The maximum Gasteiger partial charge on any atom is 0.0775 e. The van der Waals surface area contributed by atoms with Gasteiger partial charge < -0.3 is 0 Å². The van der Waals surface area contributed by atoms with Gasteiger partial charge in [-0.15, -0.1) is 0 Å². The summed E-state index contributed by atoms with van der Waals surface area (Å²) in [6.07, 6.45) is 1.53. The minimum atomic E-state index is 0.609. The molecule has 1 N–H and O–H groups in total. The molecule has 0 saturated heterocycles. The van der Waals surface area contributed by atoms with E-state index in [1.807, 2.05) is 22.6 Å². The fourth-order valence-electron chi connectivity index (χ4n) is 0.165. The molecule has 0 fully saturated rings. The largest absolute Gasteiger partial charge is 0.256 e. The Morgan fingerprint density at radius 2 is 2.38 bits per heavy atom. The molecule has 0 saturated carbocycles. The van der Waals surface area contributed by atoms with E-state index in [1.165, 1.54) is 6.20 Å². The summed E-state index contributed by atoms with van der Waals surface area (Å²) in [5.74, 6) is 0. The summed E-state index contributed by atoms with van der Waals surface area (Å²) >= 11 is 2.00. The predicted octanol–water partition coefficient (Wildman–Crippen LogP) is 2.34. The standard InChI is InChI=1S/C4H6IN3/c1-4(8-6)2-7-3-5/h2-3,6H,1H3/b4-2-,7-3?,8-6?. The van der Waals surface area contributed by atoms with E-state index in [0.717, 1.165) is 0 Å². The van der Waals surface area contributed by atoms with E-state index in [1.54, 1.807) is 11.1 Å². The summed E-state index contributed by atoms with van der Waals surface area (Å²) in [4.78, 5) is 3.73. The molecule has 0 aliphatic rings. The number of hydrogen-bond acceptors (Lipinski definition) is 3. The normalized spacial score (nSPS) is 12.5. The van der Waals surface area contributed by atoms with Crippen LogP contribution in [-0.2, 0) is 0 Å². The maximum atomic E-state index is 6.47. The molecule has 0 aliphatic carbocycles. The SMILES string of the molecule is C/C(=C/N=CI)N=N. The molecule has 44 valence electrons. The highest BCUT2D eigenvalue weighted by Gasteiger charge is 1.74. The molecule has 0 unspecified atom stereocenters. The molecule has 8 heavy (non-hydrogen) atoms. The molecule has 0 aliphatic heterocycles. The van der Waals surface area contributed by atoms with Crippen LogP contribution in [-0.4, -0.2) is 4.22 Å². The number of nitrogens with zero attached hydrogens (tertiary/aromatic N) is 2. The van der Waals surface area contributed by atoms with Crippen LogP contribution in [0, 0.1) is 5.53 Å². The van der Waals surface area contributed by atoms with Gasteiger partial charge >= 0.3 is 0 Å². The molecule has 0 rings (SSSR count). The smallest absolute Gasteiger partial charge is 0.0775 e. The van der Waals surface area contributed by atoms with E-state index >= 15 is 0 Å². The van der Waals surface area contributed by atoms with E-state index in [2.05, 4.69) is 10.1 Å². The molecule has 4 heteroatoms. The molecule has 0 bridgehead atoms. The molecule has 0 atom stereocenters. The van der Waals surface area contributed by atoms with Crippen molar-refractivity contribution in [1.82, 2.24) is 0 Å². The summed E-state index contributed by atoms with van der Waals surface area (Å²) in [7, 11) is 0. The van der Waals surface area contributed by atoms with Crippen LogP contribution in [0.2, 0.25) is 0 Å². The number of aliphatic imine (C=N–C) groups is 1. The first-order valence-electron chi connectivity index (χ1n) is 1.97. The average Bonchev–Trinajstić information content (AvgIpc) is 1.83. The average molecular weight is 223 g/mol. The highest BCUT2D eigenvalue weighted by Crippen LogP contribution is 1.91. The third-order valence-electron chi connectivity index (χ3n) is 0.494. The lowest BCUT2D eigenvalue weighted by Crippen LogP contribution is -1.60. The van der Waals surface area contributed by atoms with E-state index in [0.29, 0.717) is 5.70 Å². The van der Waals surface area contributed by atoms with Crippen molar-refractivity contribution < 1.29 is 0 Å². The summed E-state index contributed by atoms with van der Waals surface area (Å²) in [5, 5.41) is 3.12. The Morgan fingerprint density at radius 3 is 2.75 bits per heavy atom. The molecular formula is C4H6IN3. The van der Waals surface area contributed by atoms with Gasteiger partial charge in [-0.1, -0.05) is 0 Å². The van der Waals surface area contributed by atoms with E-state index in [-0.39, 0.29) is 0 Å². The minimum absolute atomic E-state index is 0.609. The lowest BCUT2D eigenvalue weighted by molar-refractivity contribution is 1.05. The second kappa shape index (κ2) is 4.89. The first-order chi connectivity index (χ1) is 3.81. The zero-order chi connectivity index (χ0) is 6.41. The van der Waals surface area contributed by atoms with Crippen molar-refractivity contribution in [3.8, 4) is 0 Å². The second-order valence-electron chi connectivity index (χ2n) is 1.13. The third-order valence-corrected chi connectivity index (χ3v) is 0.816. The van der Waals surface area contributed by atoms with Gasteiger partial charge in [-0.25, -0.2) is 5.53 Å². The van der Waals surface area contributed by atoms with Crippen molar-refractivity contribution in [3.05, 3.63) is 11.9 Å². The van der Waals surface area contributed by atoms with Crippen LogP contribution in [0.1, 0.15) is 6.92 Å². The summed E-state index contributed by atoms with van der Waals surface area (Å²) in [5.41, 5.74) is 7.08. The minimum Gasteiger partial charge on any atom is -0.256 e. The lowest BCUT2D eigenvalue weighted by atomic mass is 10.6. The van der Waals surface area contributed by atoms with Gasteiger partial charge in [0.25, 0.3) is 0 Å². The number of allylic oxidation sites excluding steroid dienone is 1. The van der Waals surface area contributed by atoms with Crippen molar-refractivity contribution >= 4 is 26.8 Å². The molecular weight excluding hydrogens is 217 g/mol. The van der Waals surface area contributed by atoms with Gasteiger partial charge in [-0.3, -0.25) is 4.99 Å². The van der Waals surface area contributed by atoms with Gasteiger partial charge in [0.2, 0.25) is 0 Å². The van der Waals surface area contributed by atoms with Crippen LogP contribution >= 0.6 is 22.6 Å². The van der Waals surface area contributed by atoms with Gasteiger partial charge in [-0.2, -0.15) is 5.11 Å². The summed E-state index contributed by atoms with van der Waals surface area (Å²) < 4.78 is 1.62. The van der Waals surface area contributed by atoms with Crippen LogP contribution in [0.3, 0.4) is 0 Å². The third kappa shape index (κ3) is 3.91. The number of rotatable bonds is 2. The Bertz CT molecular complexity index is 127. The van der Waals surface area contributed by atoms with Crippen LogP contribution in [0.15, 0.2) is 22.0 Å². The van der Waals surface area contributed by atoms with Crippen molar-refractivity contribution in [2.45, 2.75) is 6.92 Å². The number of nitrogens with one attached hydrogen (secondary N) is 1. The maximum absolute atomic E-state index is 6.47. The van der Waals surface area contributed by atoms with Gasteiger partial charge in [0.1, 0.15) is 0 Å². The first kappa shape index (κ1) is 7.74. The molecule has 0 aromatic rings. The van der Waals surface area contributed by atoms with E-state index in [9.17, 15) is 0 Å². The Hall–Kier alpha value is -0.260. The molecule has 0 heterocycles. The van der Waals surface area contributed by atoms with Crippen LogP contribution in [0.4, 0.5) is 0 Å². The summed E-state index contributed by atoms with van der Waals surface area (Å²) in [6.45, 7) is 1.72. The second-order valence-corrected chi connectivity index (χ2v) is 1.69. The van der Waals surface area contributed by atoms with Crippen molar-refractivity contribution in [2.75, 3.05) is 0 Å². The first-order valence-corrected chi connectivity index (χ1v) is 3.22. The Labute approximate surface area is 61.5 Å². The van der Waals surface area contributed by atoms with Gasteiger partial charge in [0.15, 0.2) is 0 Å². The topological polar surface area (TPSA) is 48.6 Å². The van der Waals surface area contributed by atoms with Gasteiger partial charge in [0.05, 0.1) is 16.1 Å². The highest BCUT2D eigenvalue weighted by atomic mass is 127. The van der Waals surface area contributed by atoms with Crippen LogP contribution in [0.25, 0.3) is 0 Å². The van der Waals surface area contributed by atoms with Crippen LogP contribution in [0.5, 0.6) is 0 Å². The molecule has 0 spiro atoms. The van der Waals surface area contributed by atoms with Crippen molar-refractivity contribution in [2.24, 2.45) is 10.1 Å². The van der Waals surface area contributed by atoms with E-state index in [4.69, 9.17) is 5.53 Å².